The predicted molar refractivity (Wildman–Crippen MR) is 162 cm³/mol. The van der Waals surface area contributed by atoms with Gasteiger partial charge in [0.1, 0.15) is 5.82 Å². The number of nitrogens with two attached hydrogens (primary N) is 1. The summed E-state index contributed by atoms with van der Waals surface area (Å²) in [4.78, 5) is 27.8. The quantitative estimate of drug-likeness (QED) is 0.345. The number of hydrogen-bond acceptors (Lipinski definition) is 9. The molecule has 41 heavy (non-hydrogen) atoms. The number of amides is 1. The Balaban J connectivity index is 1.38. The van der Waals surface area contributed by atoms with E-state index < -0.39 is 5.92 Å². The van der Waals surface area contributed by atoms with Crippen molar-refractivity contribution < 1.29 is 9.59 Å². The van der Waals surface area contributed by atoms with Crippen LogP contribution in [0.4, 0.5) is 5.13 Å². The Bertz CT molecular complexity index is 1570. The number of Topliss-reactive ketones (excluding diaryl/α,β-unsaturated/α-hetero) is 1. The third-order valence-corrected chi connectivity index (χ3v) is 9.33. The van der Waals surface area contributed by atoms with Crippen LogP contribution in [-0.4, -0.2) is 34.2 Å². The highest BCUT2D eigenvalue weighted by Gasteiger charge is 2.45. The molecule has 2 heterocycles. The maximum absolute atomic E-state index is 13.7. The van der Waals surface area contributed by atoms with Crippen molar-refractivity contribution in [3.8, 4) is 6.07 Å². The van der Waals surface area contributed by atoms with Gasteiger partial charge in [-0.1, -0.05) is 97.1 Å². The van der Waals surface area contributed by atoms with Gasteiger partial charge >= 0.3 is 0 Å². The molecule has 3 aromatic rings. The van der Waals surface area contributed by atoms with Crippen LogP contribution in [-0.2, 0) is 16.0 Å². The summed E-state index contributed by atoms with van der Waals surface area (Å²) in [5.41, 5.74) is 11.2. The predicted octanol–water partition coefficient (Wildman–Crippen LogP) is 5.24. The number of nitrogens with one attached hydrogen (secondary N) is 1. The molecular weight excluding hydrogens is 553 g/mol. The fourth-order valence-corrected chi connectivity index (χ4v) is 7.05. The minimum absolute atomic E-state index is 0.0124. The van der Waals surface area contributed by atoms with E-state index in [0.717, 1.165) is 23.2 Å². The molecule has 3 N–H and O–H groups in total. The normalized spacial score (nSPS) is 18.2. The Hall–Kier alpha value is -3.94. The molecule has 1 aliphatic heterocycles. The first-order chi connectivity index (χ1) is 19.7. The van der Waals surface area contributed by atoms with Crippen molar-refractivity contribution in [2.75, 3.05) is 17.2 Å². The number of ketones is 1. The molecule has 0 spiro atoms. The zero-order valence-corrected chi connectivity index (χ0v) is 24.9. The number of benzene rings is 2. The number of anilines is 1. The summed E-state index contributed by atoms with van der Waals surface area (Å²) < 4.78 is 0.605. The van der Waals surface area contributed by atoms with E-state index in [2.05, 4.69) is 35.4 Å². The summed E-state index contributed by atoms with van der Waals surface area (Å²) in [6.07, 6.45) is 1.75. The Labute approximate surface area is 248 Å². The second kappa shape index (κ2) is 11.9. The first kappa shape index (κ1) is 28.6. The lowest BCUT2D eigenvalue weighted by Crippen LogP contribution is -2.42. The van der Waals surface area contributed by atoms with Crippen LogP contribution in [0, 0.1) is 23.7 Å². The van der Waals surface area contributed by atoms with E-state index in [1.807, 2.05) is 61.5 Å². The van der Waals surface area contributed by atoms with Crippen LogP contribution < -0.4 is 16.0 Å². The van der Waals surface area contributed by atoms with Crippen LogP contribution in [0.25, 0.3) is 0 Å². The van der Waals surface area contributed by atoms with Crippen molar-refractivity contribution in [2.24, 2.45) is 11.1 Å². The largest absolute Gasteiger partial charge is 0.384 e. The molecule has 2 aliphatic rings. The SMILES string of the molecule is Cc1ccc(C2C(C#N)=C(N)N(c3nnc(SCC(=O)NCCc4ccccc4)s3)C3=C2C(=O)CC(C)(C)C3)cc1. The zero-order valence-electron chi connectivity index (χ0n) is 23.3. The molecule has 0 saturated heterocycles. The number of rotatable bonds is 8. The van der Waals surface area contributed by atoms with Gasteiger partial charge in [0.05, 0.1) is 23.3 Å². The van der Waals surface area contributed by atoms with Gasteiger partial charge in [0.15, 0.2) is 10.1 Å². The van der Waals surface area contributed by atoms with E-state index in [4.69, 9.17) is 5.73 Å². The molecule has 1 aliphatic carbocycles. The third kappa shape index (κ3) is 6.21. The highest BCUT2D eigenvalue weighted by Crippen LogP contribution is 2.50. The third-order valence-electron chi connectivity index (χ3n) is 7.28. The standard InChI is InChI=1S/C31H32N6O2S2/c1-19-9-11-21(12-10-19)26-22(17-32)28(33)37(23-15-31(2,3)16-24(38)27(23)26)29-35-36-30(41-29)40-18-25(39)34-14-13-20-7-5-4-6-8-20/h4-12,26H,13-16,18,33H2,1-3H3,(H,34,39). The first-order valence-electron chi connectivity index (χ1n) is 13.5. The van der Waals surface area contributed by atoms with Crippen molar-refractivity contribution in [1.29, 1.82) is 5.26 Å². The highest BCUT2D eigenvalue weighted by molar-refractivity contribution is 8.01. The lowest BCUT2D eigenvalue weighted by Gasteiger charge is -2.42. The maximum Gasteiger partial charge on any atom is 0.230 e. The summed E-state index contributed by atoms with van der Waals surface area (Å²) in [6.45, 7) is 6.68. The Morgan fingerprint density at radius 3 is 2.61 bits per heavy atom. The second-order valence-electron chi connectivity index (χ2n) is 11.1. The van der Waals surface area contributed by atoms with Crippen molar-refractivity contribution in [2.45, 2.75) is 50.3 Å². The smallest absolute Gasteiger partial charge is 0.230 e. The number of carbonyl (C=O) groups excluding carboxylic acids is 2. The molecule has 0 saturated carbocycles. The van der Waals surface area contributed by atoms with Crippen molar-refractivity contribution in [3.05, 3.63) is 94.0 Å². The number of aromatic nitrogens is 2. The van der Waals surface area contributed by atoms with Crippen molar-refractivity contribution in [1.82, 2.24) is 15.5 Å². The number of aryl methyl sites for hydroxylation is 1. The van der Waals surface area contributed by atoms with Crippen LogP contribution in [0.5, 0.6) is 0 Å². The van der Waals surface area contributed by atoms with Crippen LogP contribution >= 0.6 is 23.1 Å². The van der Waals surface area contributed by atoms with Gasteiger partial charge in [-0.3, -0.25) is 14.5 Å². The van der Waals surface area contributed by atoms with E-state index in [-0.39, 0.29) is 28.7 Å². The Kier molecular flexibility index (Phi) is 8.29. The highest BCUT2D eigenvalue weighted by atomic mass is 32.2. The topological polar surface area (TPSA) is 125 Å². The van der Waals surface area contributed by atoms with Crippen LogP contribution in [0.3, 0.4) is 0 Å². The van der Waals surface area contributed by atoms with Crippen LogP contribution in [0.15, 0.2) is 81.6 Å². The molecule has 1 atom stereocenters. The van der Waals surface area contributed by atoms with E-state index in [9.17, 15) is 14.9 Å². The van der Waals surface area contributed by atoms with E-state index >= 15 is 0 Å². The summed E-state index contributed by atoms with van der Waals surface area (Å²) >= 11 is 2.59. The van der Waals surface area contributed by atoms with Gasteiger partial charge in [0.25, 0.3) is 0 Å². The van der Waals surface area contributed by atoms with Gasteiger partial charge in [-0.05, 0) is 36.3 Å². The molecule has 0 bridgehead atoms. The van der Waals surface area contributed by atoms with Crippen molar-refractivity contribution >= 4 is 39.9 Å². The van der Waals surface area contributed by atoms with Gasteiger partial charge in [-0.2, -0.15) is 5.26 Å². The summed E-state index contributed by atoms with van der Waals surface area (Å²) in [6, 6.07) is 20.2. The van der Waals surface area contributed by atoms with Gasteiger partial charge in [-0.15, -0.1) is 10.2 Å². The lowest BCUT2D eigenvalue weighted by molar-refractivity contribution is -0.119. The van der Waals surface area contributed by atoms with E-state index in [0.29, 0.717) is 40.0 Å². The first-order valence-corrected chi connectivity index (χ1v) is 15.3. The van der Waals surface area contributed by atoms with Crippen LogP contribution in [0.1, 0.15) is 49.3 Å². The van der Waals surface area contributed by atoms with Gasteiger partial charge < -0.3 is 11.1 Å². The Morgan fingerprint density at radius 1 is 1.17 bits per heavy atom. The number of hydrogen-bond donors (Lipinski definition) is 2. The average molecular weight is 585 g/mol. The molecule has 1 aromatic heterocycles. The number of nitriles is 1. The summed E-state index contributed by atoms with van der Waals surface area (Å²) in [7, 11) is 0. The number of allylic oxidation sites excluding steroid dienone is 3. The monoisotopic (exact) mass is 584 g/mol. The molecular formula is C31H32N6O2S2. The van der Waals surface area contributed by atoms with Gasteiger partial charge in [0.2, 0.25) is 11.0 Å². The lowest BCUT2D eigenvalue weighted by atomic mass is 9.68. The minimum atomic E-state index is -0.531. The molecule has 2 aromatic carbocycles. The maximum atomic E-state index is 13.7. The molecule has 0 radical (unpaired) electrons. The average Bonchev–Trinajstić information content (AvgIpc) is 3.40. The number of thioether (sulfide) groups is 1. The van der Waals surface area contributed by atoms with Gasteiger partial charge in [-0.25, -0.2) is 0 Å². The molecule has 210 valence electrons. The molecule has 0 fully saturated rings. The molecule has 1 amide bonds. The van der Waals surface area contributed by atoms with Gasteiger partial charge in [0, 0.05) is 24.2 Å². The number of nitrogens with zero attached hydrogens (tertiary/aromatic N) is 4. The van der Waals surface area contributed by atoms with E-state index in [1.165, 1.54) is 28.7 Å². The molecule has 5 rings (SSSR count). The molecule has 8 nitrogen and oxygen atoms in total. The summed E-state index contributed by atoms with van der Waals surface area (Å²) in [5, 5.41) is 22.4. The minimum Gasteiger partial charge on any atom is -0.384 e. The number of carbonyl (C=O) groups is 2. The zero-order chi connectivity index (χ0) is 29.1. The Morgan fingerprint density at radius 2 is 1.90 bits per heavy atom. The fourth-order valence-electron chi connectivity index (χ4n) is 5.34. The van der Waals surface area contributed by atoms with E-state index in [1.54, 1.807) is 4.90 Å². The summed E-state index contributed by atoms with van der Waals surface area (Å²) in [5.74, 6) is -0.145. The van der Waals surface area contributed by atoms with Crippen LogP contribution in [0.2, 0.25) is 0 Å². The molecule has 10 heteroatoms. The van der Waals surface area contributed by atoms with Crippen molar-refractivity contribution in [3.63, 3.8) is 0 Å². The fraction of sp³-hybridized carbons (Fsp3) is 0.323. The second-order valence-corrected chi connectivity index (χ2v) is 13.3. The molecule has 1 unspecified atom stereocenters.